The largest absolute Gasteiger partial charge is 0.422 e. The highest BCUT2D eigenvalue weighted by Crippen LogP contribution is 2.24. The number of aryl methyl sites for hydroxylation is 1. The molecule has 3 amide bonds. The van der Waals surface area contributed by atoms with Crippen molar-refractivity contribution in [3.8, 4) is 0 Å². The van der Waals surface area contributed by atoms with Gasteiger partial charge in [0.2, 0.25) is 11.6 Å². The first-order chi connectivity index (χ1) is 15.0. The van der Waals surface area contributed by atoms with E-state index >= 15 is 0 Å². The van der Waals surface area contributed by atoms with Crippen LogP contribution in [0.4, 0.5) is 6.01 Å². The van der Waals surface area contributed by atoms with Crippen molar-refractivity contribution >= 4 is 35.0 Å². The van der Waals surface area contributed by atoms with Crippen molar-refractivity contribution in [3.05, 3.63) is 53.2 Å². The molecular formula is C22H21N5O4. The number of piperazine rings is 1. The number of amides is 3. The minimum atomic E-state index is -0.335. The zero-order valence-electron chi connectivity index (χ0n) is 17.1. The van der Waals surface area contributed by atoms with Crippen LogP contribution in [0, 0.1) is 6.92 Å². The number of fused-ring (bicyclic) bond motifs is 2. The lowest BCUT2D eigenvalue weighted by atomic mass is 10.1. The van der Waals surface area contributed by atoms with Crippen molar-refractivity contribution in [2.24, 2.45) is 0 Å². The molecule has 0 saturated carbocycles. The number of nitrogens with zero attached hydrogens (tertiary/aromatic N) is 5. The Bertz CT molecular complexity index is 1160. The van der Waals surface area contributed by atoms with Gasteiger partial charge in [-0.05, 0) is 31.2 Å². The van der Waals surface area contributed by atoms with Crippen LogP contribution in [0.25, 0.3) is 11.2 Å². The predicted molar refractivity (Wildman–Crippen MR) is 112 cm³/mol. The van der Waals surface area contributed by atoms with Crippen LogP contribution >= 0.6 is 0 Å². The number of hydrogen-bond donors (Lipinski definition) is 0. The number of aromatic nitrogens is 2. The Morgan fingerprint density at radius 1 is 0.968 bits per heavy atom. The maximum Gasteiger partial charge on any atom is 0.300 e. The summed E-state index contributed by atoms with van der Waals surface area (Å²) in [5, 5.41) is 0. The molecule has 0 bridgehead atoms. The lowest BCUT2D eigenvalue weighted by Crippen LogP contribution is -2.49. The van der Waals surface area contributed by atoms with E-state index in [1.807, 2.05) is 24.0 Å². The molecule has 0 aliphatic carbocycles. The summed E-state index contributed by atoms with van der Waals surface area (Å²) >= 11 is 0. The van der Waals surface area contributed by atoms with Gasteiger partial charge in [0, 0.05) is 44.8 Å². The van der Waals surface area contributed by atoms with Crippen molar-refractivity contribution in [3.63, 3.8) is 0 Å². The first-order valence-corrected chi connectivity index (χ1v) is 10.2. The predicted octanol–water partition coefficient (Wildman–Crippen LogP) is 1.87. The summed E-state index contributed by atoms with van der Waals surface area (Å²) < 4.78 is 5.79. The molecule has 2 aliphatic rings. The quantitative estimate of drug-likeness (QED) is 0.595. The number of hydrogen-bond acceptors (Lipinski definition) is 7. The number of oxazole rings is 1. The number of benzene rings is 1. The van der Waals surface area contributed by atoms with Gasteiger partial charge in [0.15, 0.2) is 5.58 Å². The average Bonchev–Trinajstić information content (AvgIpc) is 3.31. The standard InChI is InChI=1S/C22H21N5O4/c1-14-6-7-17-19(23-14)24-22(31-17)26-12-10-25(11-13-26)18(28)8-9-27-20(29)15-4-2-3-5-16(15)21(27)30/h2-7H,8-13H2,1H3. The van der Waals surface area contributed by atoms with E-state index < -0.39 is 0 Å². The smallest absolute Gasteiger partial charge is 0.300 e. The van der Waals surface area contributed by atoms with Gasteiger partial charge < -0.3 is 14.2 Å². The fraction of sp³-hybridized carbons (Fsp3) is 0.318. The van der Waals surface area contributed by atoms with Crippen LogP contribution < -0.4 is 4.90 Å². The van der Waals surface area contributed by atoms with E-state index in [9.17, 15) is 14.4 Å². The van der Waals surface area contributed by atoms with E-state index in [2.05, 4.69) is 9.97 Å². The molecule has 5 rings (SSSR count). The van der Waals surface area contributed by atoms with Crippen molar-refractivity contribution in [1.29, 1.82) is 0 Å². The molecule has 0 spiro atoms. The molecule has 2 aromatic heterocycles. The fourth-order valence-corrected chi connectivity index (χ4v) is 3.99. The summed E-state index contributed by atoms with van der Waals surface area (Å²) in [5.41, 5.74) is 2.89. The SMILES string of the molecule is Cc1ccc2oc(N3CCN(C(=O)CCN4C(=O)c5ccccc5C4=O)CC3)nc2n1. The van der Waals surface area contributed by atoms with Gasteiger partial charge in [-0.2, -0.15) is 4.98 Å². The highest BCUT2D eigenvalue weighted by atomic mass is 16.4. The molecular weight excluding hydrogens is 398 g/mol. The van der Waals surface area contributed by atoms with Crippen LogP contribution in [0.15, 0.2) is 40.8 Å². The Hall–Kier alpha value is -3.75. The zero-order valence-corrected chi connectivity index (χ0v) is 17.1. The first-order valence-electron chi connectivity index (χ1n) is 10.2. The molecule has 0 radical (unpaired) electrons. The summed E-state index contributed by atoms with van der Waals surface area (Å²) in [7, 11) is 0. The Balaban J connectivity index is 1.17. The van der Waals surface area contributed by atoms with E-state index in [0.29, 0.717) is 54.6 Å². The van der Waals surface area contributed by atoms with Gasteiger partial charge in [-0.3, -0.25) is 19.3 Å². The summed E-state index contributed by atoms with van der Waals surface area (Å²) in [4.78, 5) is 51.3. The molecule has 158 valence electrons. The average molecular weight is 419 g/mol. The third-order valence-electron chi connectivity index (χ3n) is 5.71. The van der Waals surface area contributed by atoms with Crippen LogP contribution in [0.5, 0.6) is 0 Å². The number of rotatable bonds is 4. The molecule has 31 heavy (non-hydrogen) atoms. The van der Waals surface area contributed by atoms with Crippen LogP contribution in [-0.4, -0.2) is 70.2 Å². The lowest BCUT2D eigenvalue weighted by Gasteiger charge is -2.34. The van der Waals surface area contributed by atoms with Gasteiger partial charge in [-0.25, -0.2) is 4.98 Å². The maximum absolute atomic E-state index is 12.7. The molecule has 9 nitrogen and oxygen atoms in total. The van der Waals surface area contributed by atoms with Gasteiger partial charge in [0.1, 0.15) is 0 Å². The number of imide groups is 1. The normalized spacial score (nSPS) is 16.4. The second-order valence-electron chi connectivity index (χ2n) is 7.70. The van der Waals surface area contributed by atoms with Gasteiger partial charge in [-0.15, -0.1) is 0 Å². The summed E-state index contributed by atoms with van der Waals surface area (Å²) in [6, 6.07) is 11.0. The molecule has 1 saturated heterocycles. The highest BCUT2D eigenvalue weighted by Gasteiger charge is 2.35. The third kappa shape index (κ3) is 3.41. The Morgan fingerprint density at radius 3 is 2.32 bits per heavy atom. The van der Waals surface area contributed by atoms with Crippen molar-refractivity contribution < 1.29 is 18.8 Å². The van der Waals surface area contributed by atoms with Crippen LogP contribution in [0.1, 0.15) is 32.8 Å². The van der Waals surface area contributed by atoms with Gasteiger partial charge in [-0.1, -0.05) is 12.1 Å². The summed E-state index contributed by atoms with van der Waals surface area (Å²) in [6.07, 6.45) is 0.109. The number of anilines is 1. The molecule has 0 unspecified atom stereocenters. The third-order valence-corrected chi connectivity index (χ3v) is 5.71. The molecule has 2 aliphatic heterocycles. The van der Waals surface area contributed by atoms with Crippen molar-refractivity contribution in [1.82, 2.24) is 19.8 Å². The van der Waals surface area contributed by atoms with Crippen LogP contribution in [0.3, 0.4) is 0 Å². The minimum absolute atomic E-state index is 0.0777. The molecule has 1 fully saturated rings. The number of pyridine rings is 1. The first kappa shape index (κ1) is 19.2. The molecule has 3 aromatic rings. The van der Waals surface area contributed by atoms with Crippen molar-refractivity contribution in [2.45, 2.75) is 13.3 Å². The molecule has 9 heteroatoms. The Kier molecular flexibility index (Phi) is 4.65. The Labute approximate surface area is 178 Å². The molecule has 0 atom stereocenters. The summed E-state index contributed by atoms with van der Waals surface area (Å²) in [5.74, 6) is -0.748. The van der Waals surface area contributed by atoms with E-state index in [0.717, 1.165) is 10.6 Å². The van der Waals surface area contributed by atoms with Crippen LogP contribution in [-0.2, 0) is 4.79 Å². The monoisotopic (exact) mass is 419 g/mol. The van der Waals surface area contributed by atoms with E-state index in [4.69, 9.17) is 4.42 Å². The topological polar surface area (TPSA) is 99.9 Å². The lowest BCUT2D eigenvalue weighted by molar-refractivity contribution is -0.131. The second-order valence-corrected chi connectivity index (χ2v) is 7.70. The van der Waals surface area contributed by atoms with Gasteiger partial charge in [0.25, 0.3) is 17.8 Å². The van der Waals surface area contributed by atoms with Gasteiger partial charge in [0.05, 0.1) is 11.1 Å². The number of carbonyl (C=O) groups excluding carboxylic acids is 3. The maximum atomic E-state index is 12.7. The second kappa shape index (κ2) is 7.50. The number of carbonyl (C=O) groups is 3. The molecule has 0 N–H and O–H groups in total. The fourth-order valence-electron chi connectivity index (χ4n) is 3.99. The van der Waals surface area contributed by atoms with Crippen LogP contribution in [0.2, 0.25) is 0 Å². The highest BCUT2D eigenvalue weighted by molar-refractivity contribution is 6.21. The Morgan fingerprint density at radius 2 is 1.65 bits per heavy atom. The van der Waals surface area contributed by atoms with Gasteiger partial charge >= 0.3 is 0 Å². The molecule has 1 aromatic carbocycles. The van der Waals surface area contributed by atoms with E-state index in [1.165, 1.54) is 0 Å². The van der Waals surface area contributed by atoms with Crippen molar-refractivity contribution in [2.75, 3.05) is 37.6 Å². The summed E-state index contributed by atoms with van der Waals surface area (Å²) in [6.45, 7) is 4.20. The zero-order chi connectivity index (χ0) is 21.5. The van der Waals surface area contributed by atoms with E-state index in [-0.39, 0.29) is 30.7 Å². The minimum Gasteiger partial charge on any atom is -0.422 e. The van der Waals surface area contributed by atoms with E-state index in [1.54, 1.807) is 29.2 Å². The molecule has 4 heterocycles.